The van der Waals surface area contributed by atoms with E-state index in [-0.39, 0.29) is 28.9 Å². The van der Waals surface area contributed by atoms with Gasteiger partial charge in [0.05, 0.1) is 16.8 Å². The van der Waals surface area contributed by atoms with Gasteiger partial charge in [0.15, 0.2) is 5.58 Å². The molecule has 1 aromatic heterocycles. The maximum atomic E-state index is 14.1. The molecule has 0 spiro atoms. The Kier molecular flexibility index (Phi) is 4.64. The largest absolute Gasteiger partial charge is 0.419 e. The molecule has 0 saturated heterocycles. The molecule has 1 heterocycles. The molecule has 0 unspecified atom stereocenters. The van der Waals surface area contributed by atoms with Crippen molar-refractivity contribution in [2.24, 2.45) is 7.05 Å². The molecule has 0 aliphatic heterocycles. The second-order valence-electron chi connectivity index (χ2n) is 5.73. The molecule has 6 nitrogen and oxygen atoms in total. The van der Waals surface area contributed by atoms with Crippen molar-refractivity contribution in [3.63, 3.8) is 0 Å². The fraction of sp³-hybridized carbons (Fsp3) is 0.176. The fourth-order valence-corrected chi connectivity index (χ4v) is 2.45. The molecule has 2 aromatic carbocycles. The van der Waals surface area contributed by atoms with E-state index in [4.69, 9.17) is 4.42 Å². The summed E-state index contributed by atoms with van der Waals surface area (Å²) in [6.07, 6.45) is -4.49. The highest BCUT2D eigenvalue weighted by molar-refractivity contribution is 5.91. The third-order valence-corrected chi connectivity index (χ3v) is 3.84. The van der Waals surface area contributed by atoms with Crippen LogP contribution in [0.4, 0.5) is 28.0 Å². The fourth-order valence-electron chi connectivity index (χ4n) is 2.45. The molecule has 2 amide bonds. The summed E-state index contributed by atoms with van der Waals surface area (Å²) in [5, 5.41) is 4.56. The lowest BCUT2D eigenvalue weighted by Gasteiger charge is -2.11. The zero-order chi connectivity index (χ0) is 19.8. The summed E-state index contributed by atoms with van der Waals surface area (Å²) in [7, 11) is 1.41. The van der Waals surface area contributed by atoms with E-state index in [1.165, 1.54) is 19.2 Å². The van der Waals surface area contributed by atoms with Crippen LogP contribution in [0, 0.1) is 5.82 Å². The average molecular weight is 383 g/mol. The van der Waals surface area contributed by atoms with Gasteiger partial charge in [-0.2, -0.15) is 13.2 Å². The number of carbonyl (C=O) groups excluding carboxylic acids is 1. The number of aromatic nitrogens is 1. The molecule has 27 heavy (non-hydrogen) atoms. The van der Waals surface area contributed by atoms with Gasteiger partial charge in [0, 0.05) is 25.7 Å². The van der Waals surface area contributed by atoms with Gasteiger partial charge in [-0.1, -0.05) is 12.1 Å². The Balaban J connectivity index is 1.70. The van der Waals surface area contributed by atoms with Gasteiger partial charge >= 0.3 is 18.0 Å². The highest BCUT2D eigenvalue weighted by atomic mass is 19.4. The Morgan fingerprint density at radius 3 is 2.67 bits per heavy atom. The number of nitrogens with zero attached hydrogens (tertiary/aromatic N) is 1. The van der Waals surface area contributed by atoms with E-state index < -0.39 is 29.3 Å². The van der Waals surface area contributed by atoms with Crippen LogP contribution in [0.2, 0.25) is 0 Å². The van der Waals surface area contributed by atoms with E-state index in [0.717, 1.165) is 28.8 Å². The second-order valence-corrected chi connectivity index (χ2v) is 5.73. The van der Waals surface area contributed by atoms with E-state index >= 15 is 0 Å². The van der Waals surface area contributed by atoms with Crippen LogP contribution in [0.15, 0.2) is 45.6 Å². The van der Waals surface area contributed by atoms with Gasteiger partial charge in [-0.25, -0.2) is 14.0 Å². The van der Waals surface area contributed by atoms with Gasteiger partial charge < -0.3 is 15.1 Å². The van der Waals surface area contributed by atoms with E-state index in [2.05, 4.69) is 10.6 Å². The van der Waals surface area contributed by atoms with E-state index in [1.54, 1.807) is 0 Å². The highest BCUT2D eigenvalue weighted by Crippen LogP contribution is 2.29. The SMILES string of the molecule is Cn1c(=O)oc2cc(NC(=O)NCc3cccc(C(F)(F)F)c3)c(F)cc21. The van der Waals surface area contributed by atoms with Crippen molar-refractivity contribution < 1.29 is 26.8 Å². The third-order valence-electron chi connectivity index (χ3n) is 3.84. The molecule has 2 N–H and O–H groups in total. The molecule has 3 aromatic rings. The Labute approximate surface area is 149 Å². The minimum Gasteiger partial charge on any atom is -0.408 e. The van der Waals surface area contributed by atoms with Gasteiger partial charge in [0.2, 0.25) is 0 Å². The summed E-state index contributed by atoms with van der Waals surface area (Å²) in [6.45, 7) is -0.194. The van der Waals surface area contributed by atoms with Crippen molar-refractivity contribution in [2.75, 3.05) is 5.32 Å². The van der Waals surface area contributed by atoms with Crippen LogP contribution < -0.4 is 16.4 Å². The average Bonchev–Trinajstić information content (AvgIpc) is 2.87. The number of amides is 2. The first-order chi connectivity index (χ1) is 12.6. The van der Waals surface area contributed by atoms with E-state index in [0.29, 0.717) is 0 Å². The van der Waals surface area contributed by atoms with Crippen molar-refractivity contribution >= 4 is 22.8 Å². The number of anilines is 1. The molecule has 0 radical (unpaired) electrons. The monoisotopic (exact) mass is 383 g/mol. The Morgan fingerprint density at radius 1 is 1.22 bits per heavy atom. The van der Waals surface area contributed by atoms with Gasteiger partial charge in [-0.3, -0.25) is 4.57 Å². The predicted molar refractivity (Wildman–Crippen MR) is 88.7 cm³/mol. The summed E-state index contributed by atoms with van der Waals surface area (Å²) in [5.74, 6) is -1.48. The molecule has 3 rings (SSSR count). The lowest BCUT2D eigenvalue weighted by molar-refractivity contribution is -0.137. The summed E-state index contributed by atoms with van der Waals surface area (Å²) in [4.78, 5) is 23.4. The first kappa shape index (κ1) is 18.5. The number of halogens is 4. The number of alkyl halides is 3. The number of fused-ring (bicyclic) bond motifs is 1. The lowest BCUT2D eigenvalue weighted by atomic mass is 10.1. The topological polar surface area (TPSA) is 76.3 Å². The molecule has 0 bridgehead atoms. The molecule has 0 aliphatic carbocycles. The molecular formula is C17H13F4N3O3. The minimum absolute atomic E-state index is 0.0806. The number of nitrogens with one attached hydrogen (secondary N) is 2. The van der Waals surface area contributed by atoms with Gasteiger partial charge in [-0.05, 0) is 17.7 Å². The molecule has 0 atom stereocenters. The Morgan fingerprint density at radius 2 is 1.96 bits per heavy atom. The summed E-state index contributed by atoms with van der Waals surface area (Å²) >= 11 is 0. The second kappa shape index (κ2) is 6.78. The molecular weight excluding hydrogens is 370 g/mol. The Bertz CT molecular complexity index is 1070. The van der Waals surface area contributed by atoms with Crippen LogP contribution in [0.3, 0.4) is 0 Å². The third kappa shape index (κ3) is 3.94. The number of hydrogen-bond acceptors (Lipinski definition) is 3. The lowest BCUT2D eigenvalue weighted by Crippen LogP contribution is -2.28. The zero-order valence-corrected chi connectivity index (χ0v) is 13.9. The number of hydrogen-bond donors (Lipinski definition) is 2. The van der Waals surface area contributed by atoms with Gasteiger partial charge in [0.25, 0.3) is 0 Å². The predicted octanol–water partition coefficient (Wildman–Crippen LogP) is 3.61. The first-order valence-electron chi connectivity index (χ1n) is 7.65. The molecule has 0 fully saturated rings. The number of oxazole rings is 1. The summed E-state index contributed by atoms with van der Waals surface area (Å²) in [6, 6.07) is 5.82. The number of urea groups is 1. The van der Waals surface area contributed by atoms with Crippen LogP contribution in [-0.4, -0.2) is 10.6 Å². The van der Waals surface area contributed by atoms with E-state index in [1.807, 2.05) is 0 Å². The zero-order valence-electron chi connectivity index (χ0n) is 13.9. The van der Waals surface area contributed by atoms with Crippen molar-refractivity contribution in [1.29, 1.82) is 0 Å². The summed E-state index contributed by atoms with van der Waals surface area (Å²) < 4.78 is 58.2. The smallest absolute Gasteiger partial charge is 0.408 e. The molecule has 10 heteroatoms. The van der Waals surface area contributed by atoms with Crippen LogP contribution in [0.5, 0.6) is 0 Å². The normalized spacial score (nSPS) is 11.6. The van der Waals surface area contributed by atoms with Crippen LogP contribution >= 0.6 is 0 Å². The van der Waals surface area contributed by atoms with E-state index in [9.17, 15) is 27.2 Å². The van der Waals surface area contributed by atoms with Crippen molar-refractivity contribution in [3.8, 4) is 0 Å². The number of aryl methyl sites for hydroxylation is 1. The summed E-state index contributed by atoms with van der Waals surface area (Å²) in [5.41, 5.74) is -0.550. The maximum Gasteiger partial charge on any atom is 0.419 e. The van der Waals surface area contributed by atoms with Crippen molar-refractivity contribution in [1.82, 2.24) is 9.88 Å². The molecule has 0 saturated carbocycles. The quantitative estimate of drug-likeness (QED) is 0.679. The first-order valence-corrected chi connectivity index (χ1v) is 7.65. The van der Waals surface area contributed by atoms with Crippen molar-refractivity contribution in [3.05, 3.63) is 63.9 Å². The van der Waals surface area contributed by atoms with Gasteiger partial charge in [-0.15, -0.1) is 0 Å². The van der Waals surface area contributed by atoms with Crippen LogP contribution in [-0.2, 0) is 19.8 Å². The number of carbonyl (C=O) groups is 1. The maximum absolute atomic E-state index is 14.1. The van der Waals surface area contributed by atoms with Crippen molar-refractivity contribution in [2.45, 2.75) is 12.7 Å². The molecule has 0 aliphatic rings. The minimum atomic E-state index is -4.49. The van der Waals surface area contributed by atoms with Crippen LogP contribution in [0.1, 0.15) is 11.1 Å². The highest BCUT2D eigenvalue weighted by Gasteiger charge is 2.30. The number of rotatable bonds is 3. The standard InChI is InChI=1S/C17H13F4N3O3/c1-24-13-6-11(18)12(7-14(13)27-16(24)26)23-15(25)22-8-9-3-2-4-10(5-9)17(19,20)21/h2-7H,8H2,1H3,(H2,22,23,25). The van der Waals surface area contributed by atoms with Crippen LogP contribution in [0.25, 0.3) is 11.1 Å². The Hall–Kier alpha value is -3.30. The molecule has 142 valence electrons. The number of benzene rings is 2. The van der Waals surface area contributed by atoms with Gasteiger partial charge in [0.1, 0.15) is 5.82 Å².